The standard InChI is InChI=1S/C16H17N3O/c1-17-9-13-11-19(16-15(13)6-3-7-18-16)10-12-4-2-5-14(20)8-12/h2-8,11,17,20H,9-10H2,1H3. The van der Waals surface area contributed by atoms with E-state index >= 15 is 0 Å². The number of aromatic hydroxyl groups is 1. The van der Waals surface area contributed by atoms with Crippen LogP contribution in [0.25, 0.3) is 11.0 Å². The molecule has 0 spiro atoms. The Morgan fingerprint density at radius 2 is 2.15 bits per heavy atom. The number of rotatable bonds is 4. The topological polar surface area (TPSA) is 50.1 Å². The van der Waals surface area contributed by atoms with E-state index in [1.54, 1.807) is 12.1 Å². The number of phenols is 1. The third kappa shape index (κ3) is 2.38. The summed E-state index contributed by atoms with van der Waals surface area (Å²) in [5.41, 5.74) is 3.26. The number of nitrogens with one attached hydrogen (secondary N) is 1. The highest BCUT2D eigenvalue weighted by molar-refractivity contribution is 5.80. The smallest absolute Gasteiger partial charge is 0.140 e. The van der Waals surface area contributed by atoms with Gasteiger partial charge in [0.2, 0.25) is 0 Å². The summed E-state index contributed by atoms with van der Waals surface area (Å²) in [6.45, 7) is 1.51. The highest BCUT2D eigenvalue weighted by atomic mass is 16.3. The molecule has 0 aliphatic rings. The largest absolute Gasteiger partial charge is 0.508 e. The van der Waals surface area contributed by atoms with Gasteiger partial charge in [-0.25, -0.2) is 4.98 Å². The fourth-order valence-corrected chi connectivity index (χ4v) is 2.50. The first-order valence-electron chi connectivity index (χ1n) is 6.63. The average molecular weight is 267 g/mol. The molecule has 2 aromatic heterocycles. The van der Waals surface area contributed by atoms with Gasteiger partial charge in [-0.1, -0.05) is 12.1 Å². The van der Waals surface area contributed by atoms with Crippen LogP contribution in [-0.2, 0) is 13.1 Å². The molecular weight excluding hydrogens is 250 g/mol. The molecule has 20 heavy (non-hydrogen) atoms. The first-order chi connectivity index (χ1) is 9.78. The Hall–Kier alpha value is -2.33. The van der Waals surface area contributed by atoms with E-state index in [1.807, 2.05) is 31.4 Å². The number of hydrogen-bond acceptors (Lipinski definition) is 3. The zero-order valence-corrected chi connectivity index (χ0v) is 11.4. The third-order valence-corrected chi connectivity index (χ3v) is 3.35. The number of nitrogens with zero attached hydrogens (tertiary/aromatic N) is 2. The Balaban J connectivity index is 2.03. The first-order valence-corrected chi connectivity index (χ1v) is 6.63. The highest BCUT2D eigenvalue weighted by Crippen LogP contribution is 2.21. The summed E-state index contributed by atoms with van der Waals surface area (Å²) in [6, 6.07) is 11.4. The number of aromatic nitrogens is 2. The van der Waals surface area contributed by atoms with Crippen LogP contribution in [0.5, 0.6) is 5.75 Å². The van der Waals surface area contributed by atoms with E-state index in [0.29, 0.717) is 12.3 Å². The molecule has 1 aromatic carbocycles. The fraction of sp³-hybridized carbons (Fsp3) is 0.188. The minimum absolute atomic E-state index is 0.294. The molecule has 4 heteroatoms. The van der Waals surface area contributed by atoms with Crippen LogP contribution < -0.4 is 5.32 Å². The average Bonchev–Trinajstić information content (AvgIpc) is 2.78. The van der Waals surface area contributed by atoms with Crippen LogP contribution in [0.2, 0.25) is 0 Å². The Morgan fingerprint density at radius 3 is 2.95 bits per heavy atom. The monoisotopic (exact) mass is 267 g/mol. The molecule has 3 rings (SSSR count). The Morgan fingerprint density at radius 1 is 1.25 bits per heavy atom. The van der Waals surface area contributed by atoms with Crippen molar-refractivity contribution in [2.24, 2.45) is 0 Å². The van der Waals surface area contributed by atoms with E-state index in [-0.39, 0.29) is 0 Å². The van der Waals surface area contributed by atoms with E-state index in [9.17, 15) is 5.11 Å². The third-order valence-electron chi connectivity index (χ3n) is 3.35. The lowest BCUT2D eigenvalue weighted by Crippen LogP contribution is -2.04. The van der Waals surface area contributed by atoms with Crippen LogP contribution in [0, 0.1) is 0 Å². The first kappa shape index (κ1) is 12.7. The van der Waals surface area contributed by atoms with Crippen molar-refractivity contribution in [2.75, 3.05) is 7.05 Å². The van der Waals surface area contributed by atoms with Crippen LogP contribution >= 0.6 is 0 Å². The SMILES string of the molecule is CNCc1cn(Cc2cccc(O)c2)c2ncccc12. The van der Waals surface area contributed by atoms with Crippen molar-refractivity contribution in [1.29, 1.82) is 0 Å². The van der Waals surface area contributed by atoms with Crippen LogP contribution in [0.4, 0.5) is 0 Å². The molecule has 0 fully saturated rings. The van der Waals surface area contributed by atoms with E-state index in [4.69, 9.17) is 0 Å². The summed E-state index contributed by atoms with van der Waals surface area (Å²) in [5.74, 6) is 0.294. The Kier molecular flexibility index (Phi) is 3.39. The van der Waals surface area contributed by atoms with Gasteiger partial charge in [-0.15, -0.1) is 0 Å². The Bertz CT molecular complexity index is 733. The lowest BCUT2D eigenvalue weighted by Gasteiger charge is -2.05. The van der Waals surface area contributed by atoms with Crippen molar-refractivity contribution in [3.63, 3.8) is 0 Å². The fourth-order valence-electron chi connectivity index (χ4n) is 2.50. The van der Waals surface area contributed by atoms with Crippen molar-refractivity contribution in [2.45, 2.75) is 13.1 Å². The molecule has 0 aliphatic heterocycles. The van der Waals surface area contributed by atoms with Gasteiger partial charge in [0.15, 0.2) is 0 Å². The van der Waals surface area contributed by atoms with Gasteiger partial charge in [-0.05, 0) is 42.4 Å². The molecule has 0 saturated heterocycles. The lowest BCUT2D eigenvalue weighted by molar-refractivity contribution is 0.474. The molecule has 0 atom stereocenters. The van der Waals surface area contributed by atoms with Gasteiger partial charge < -0.3 is 15.0 Å². The quantitative estimate of drug-likeness (QED) is 0.763. The summed E-state index contributed by atoms with van der Waals surface area (Å²) >= 11 is 0. The molecular formula is C16H17N3O. The van der Waals surface area contributed by atoms with E-state index in [2.05, 4.69) is 27.1 Å². The minimum atomic E-state index is 0.294. The van der Waals surface area contributed by atoms with Gasteiger partial charge in [-0.2, -0.15) is 0 Å². The van der Waals surface area contributed by atoms with Crippen molar-refractivity contribution >= 4 is 11.0 Å². The number of phenolic OH excluding ortho intramolecular Hbond substituents is 1. The van der Waals surface area contributed by atoms with Gasteiger partial charge in [0.05, 0.1) is 0 Å². The summed E-state index contributed by atoms with van der Waals surface area (Å²) in [6.07, 6.45) is 3.93. The van der Waals surface area contributed by atoms with Crippen LogP contribution in [0.15, 0.2) is 48.8 Å². The molecule has 2 heterocycles. The molecule has 0 saturated carbocycles. The molecule has 0 unspecified atom stereocenters. The number of benzene rings is 1. The predicted octanol–water partition coefficient (Wildman–Crippen LogP) is 2.51. The van der Waals surface area contributed by atoms with Crippen LogP contribution in [0.1, 0.15) is 11.1 Å². The number of pyridine rings is 1. The minimum Gasteiger partial charge on any atom is -0.508 e. The summed E-state index contributed by atoms with van der Waals surface area (Å²) < 4.78 is 2.12. The molecule has 4 nitrogen and oxygen atoms in total. The molecule has 0 aliphatic carbocycles. The predicted molar refractivity (Wildman–Crippen MR) is 79.7 cm³/mol. The number of hydrogen-bond donors (Lipinski definition) is 2. The van der Waals surface area contributed by atoms with Crippen molar-refractivity contribution in [3.8, 4) is 5.75 Å². The van der Waals surface area contributed by atoms with Gasteiger partial charge >= 0.3 is 0 Å². The van der Waals surface area contributed by atoms with Crippen molar-refractivity contribution < 1.29 is 5.11 Å². The maximum absolute atomic E-state index is 9.56. The van der Waals surface area contributed by atoms with Gasteiger partial charge in [-0.3, -0.25) is 0 Å². The van der Waals surface area contributed by atoms with E-state index in [1.165, 1.54) is 10.9 Å². The highest BCUT2D eigenvalue weighted by Gasteiger charge is 2.09. The van der Waals surface area contributed by atoms with Crippen LogP contribution in [-0.4, -0.2) is 21.7 Å². The van der Waals surface area contributed by atoms with Crippen molar-refractivity contribution in [3.05, 3.63) is 59.9 Å². The van der Waals surface area contributed by atoms with E-state index in [0.717, 1.165) is 17.8 Å². The second-order valence-corrected chi connectivity index (χ2v) is 4.86. The zero-order chi connectivity index (χ0) is 13.9. The normalized spacial score (nSPS) is 11.1. The summed E-state index contributed by atoms with van der Waals surface area (Å²) in [7, 11) is 1.94. The Labute approximate surface area is 117 Å². The zero-order valence-electron chi connectivity index (χ0n) is 11.4. The molecule has 3 aromatic rings. The molecule has 0 radical (unpaired) electrons. The lowest BCUT2D eigenvalue weighted by atomic mass is 10.2. The van der Waals surface area contributed by atoms with E-state index < -0.39 is 0 Å². The van der Waals surface area contributed by atoms with Gasteiger partial charge in [0, 0.05) is 30.9 Å². The van der Waals surface area contributed by atoms with Gasteiger partial charge in [0.1, 0.15) is 11.4 Å². The second-order valence-electron chi connectivity index (χ2n) is 4.86. The number of fused-ring (bicyclic) bond motifs is 1. The maximum Gasteiger partial charge on any atom is 0.140 e. The molecule has 102 valence electrons. The summed E-state index contributed by atoms with van der Waals surface area (Å²) in [4.78, 5) is 4.48. The molecule has 2 N–H and O–H groups in total. The maximum atomic E-state index is 9.56. The summed E-state index contributed by atoms with van der Waals surface area (Å²) in [5, 5.41) is 13.9. The molecule has 0 bridgehead atoms. The second kappa shape index (κ2) is 5.35. The van der Waals surface area contributed by atoms with Gasteiger partial charge in [0.25, 0.3) is 0 Å². The molecule has 0 amide bonds. The van der Waals surface area contributed by atoms with Crippen LogP contribution in [0.3, 0.4) is 0 Å². The van der Waals surface area contributed by atoms with Crippen molar-refractivity contribution in [1.82, 2.24) is 14.9 Å².